The summed E-state index contributed by atoms with van der Waals surface area (Å²) >= 11 is 1.63. The van der Waals surface area contributed by atoms with Crippen molar-refractivity contribution in [2.24, 2.45) is 0 Å². The second-order valence-electron chi connectivity index (χ2n) is 5.14. The topological polar surface area (TPSA) is 88.8 Å². The van der Waals surface area contributed by atoms with E-state index in [9.17, 15) is 9.59 Å². The van der Waals surface area contributed by atoms with Crippen molar-refractivity contribution in [2.75, 3.05) is 6.26 Å². The molecule has 1 atom stereocenters. The number of rotatable bonds is 7. The summed E-state index contributed by atoms with van der Waals surface area (Å²) in [5.41, 5.74) is 0.0948. The molecule has 1 aromatic heterocycles. The Balaban J connectivity index is 1.89. The smallest absolute Gasteiger partial charge is 0.339 e. The molecule has 0 radical (unpaired) electrons. The molecule has 0 aliphatic rings. The van der Waals surface area contributed by atoms with Crippen molar-refractivity contribution in [3.05, 3.63) is 47.4 Å². The predicted molar refractivity (Wildman–Crippen MR) is 90.6 cm³/mol. The van der Waals surface area contributed by atoms with Gasteiger partial charge in [0.15, 0.2) is 6.10 Å². The van der Waals surface area contributed by atoms with Gasteiger partial charge < -0.3 is 19.6 Å². The van der Waals surface area contributed by atoms with Crippen molar-refractivity contribution >= 4 is 23.6 Å². The maximum Gasteiger partial charge on any atom is 0.339 e. The Morgan fingerprint density at radius 1 is 1.33 bits per heavy atom. The van der Waals surface area contributed by atoms with Gasteiger partial charge in [0.25, 0.3) is 5.91 Å². The van der Waals surface area contributed by atoms with Crippen LogP contribution in [0.25, 0.3) is 0 Å². The van der Waals surface area contributed by atoms with Crippen LogP contribution in [0.5, 0.6) is 5.75 Å². The summed E-state index contributed by atoms with van der Waals surface area (Å²) in [4.78, 5) is 24.1. The second kappa shape index (κ2) is 7.92. The Labute approximate surface area is 144 Å². The lowest BCUT2D eigenvalue weighted by Crippen LogP contribution is -2.35. The lowest BCUT2D eigenvalue weighted by atomic mass is 10.2. The predicted octanol–water partition coefficient (Wildman–Crippen LogP) is 3.09. The van der Waals surface area contributed by atoms with E-state index >= 15 is 0 Å². The van der Waals surface area contributed by atoms with E-state index in [1.54, 1.807) is 25.6 Å². The van der Waals surface area contributed by atoms with Crippen LogP contribution in [-0.2, 0) is 11.3 Å². The molecular formula is C17H19NO5S. The van der Waals surface area contributed by atoms with Gasteiger partial charge in [0.05, 0.1) is 6.54 Å². The molecule has 0 bridgehead atoms. The molecular weight excluding hydrogens is 330 g/mol. The minimum absolute atomic E-state index is 0.0948. The first-order valence-corrected chi connectivity index (χ1v) is 8.54. The van der Waals surface area contributed by atoms with E-state index in [-0.39, 0.29) is 18.0 Å². The van der Waals surface area contributed by atoms with E-state index in [1.807, 2.05) is 30.5 Å². The number of carbonyl (C=O) groups excluding carboxylic acids is 1. The summed E-state index contributed by atoms with van der Waals surface area (Å²) in [7, 11) is 0. The van der Waals surface area contributed by atoms with Crippen molar-refractivity contribution < 1.29 is 23.8 Å². The molecule has 7 heteroatoms. The van der Waals surface area contributed by atoms with Gasteiger partial charge in [0.1, 0.15) is 22.8 Å². The number of hydrogen-bond donors (Lipinski definition) is 2. The first kappa shape index (κ1) is 17.9. The maximum atomic E-state index is 12.1. The third kappa shape index (κ3) is 4.55. The Morgan fingerprint density at radius 3 is 2.54 bits per heavy atom. The van der Waals surface area contributed by atoms with Crippen LogP contribution in [0.3, 0.4) is 0 Å². The largest absolute Gasteiger partial charge is 0.481 e. The summed E-state index contributed by atoms with van der Waals surface area (Å²) < 4.78 is 10.9. The molecule has 0 aliphatic carbocycles. The van der Waals surface area contributed by atoms with Crippen LogP contribution in [0.1, 0.15) is 28.8 Å². The van der Waals surface area contributed by atoms with E-state index in [0.717, 1.165) is 4.90 Å². The highest BCUT2D eigenvalue weighted by Gasteiger charge is 2.17. The van der Waals surface area contributed by atoms with Gasteiger partial charge in [-0.3, -0.25) is 4.79 Å². The zero-order valence-corrected chi connectivity index (χ0v) is 14.5. The SMILES string of the molecule is CSc1ccc(OC(C)C(=O)NCc2cc(C(=O)O)c(C)o2)cc1. The zero-order chi connectivity index (χ0) is 17.7. The molecule has 1 unspecified atom stereocenters. The quantitative estimate of drug-likeness (QED) is 0.747. The highest BCUT2D eigenvalue weighted by atomic mass is 32.2. The van der Waals surface area contributed by atoms with Crippen molar-refractivity contribution in [3.8, 4) is 5.75 Å². The maximum absolute atomic E-state index is 12.1. The second-order valence-corrected chi connectivity index (χ2v) is 6.02. The van der Waals surface area contributed by atoms with Gasteiger partial charge in [0.2, 0.25) is 0 Å². The first-order valence-electron chi connectivity index (χ1n) is 7.31. The van der Waals surface area contributed by atoms with E-state index in [2.05, 4.69) is 5.32 Å². The fourth-order valence-electron chi connectivity index (χ4n) is 2.07. The van der Waals surface area contributed by atoms with Crippen molar-refractivity contribution in [1.29, 1.82) is 0 Å². The first-order chi connectivity index (χ1) is 11.4. The van der Waals surface area contributed by atoms with Crippen LogP contribution >= 0.6 is 11.8 Å². The van der Waals surface area contributed by atoms with Crippen LogP contribution in [0.15, 0.2) is 39.6 Å². The summed E-state index contributed by atoms with van der Waals surface area (Å²) in [6.07, 6.45) is 1.30. The summed E-state index contributed by atoms with van der Waals surface area (Å²) in [5.74, 6) is -0.0637. The van der Waals surface area contributed by atoms with E-state index in [4.69, 9.17) is 14.3 Å². The lowest BCUT2D eigenvalue weighted by Gasteiger charge is -2.14. The van der Waals surface area contributed by atoms with Gasteiger partial charge in [0, 0.05) is 4.90 Å². The molecule has 128 valence electrons. The number of aryl methyl sites for hydroxylation is 1. The number of aromatic carboxylic acids is 1. The Kier molecular flexibility index (Phi) is 5.92. The lowest BCUT2D eigenvalue weighted by molar-refractivity contribution is -0.127. The monoisotopic (exact) mass is 349 g/mol. The number of nitrogens with one attached hydrogen (secondary N) is 1. The Hall–Kier alpha value is -2.41. The highest BCUT2D eigenvalue weighted by molar-refractivity contribution is 7.98. The van der Waals surface area contributed by atoms with Crippen molar-refractivity contribution in [2.45, 2.75) is 31.4 Å². The van der Waals surface area contributed by atoms with Crippen LogP contribution < -0.4 is 10.1 Å². The highest BCUT2D eigenvalue weighted by Crippen LogP contribution is 2.20. The summed E-state index contributed by atoms with van der Waals surface area (Å²) in [6, 6.07) is 8.87. The van der Waals surface area contributed by atoms with Gasteiger partial charge >= 0.3 is 5.97 Å². The molecule has 24 heavy (non-hydrogen) atoms. The number of carboxylic acid groups (broad SMARTS) is 1. The van der Waals surface area contributed by atoms with Crippen LogP contribution in [-0.4, -0.2) is 29.3 Å². The van der Waals surface area contributed by atoms with Gasteiger partial charge in [-0.15, -0.1) is 11.8 Å². The molecule has 2 aromatic rings. The van der Waals surface area contributed by atoms with Crippen LogP contribution in [0, 0.1) is 6.92 Å². The molecule has 0 spiro atoms. The minimum Gasteiger partial charge on any atom is -0.481 e. The number of amides is 1. The molecule has 6 nitrogen and oxygen atoms in total. The third-order valence-corrected chi connectivity index (χ3v) is 4.12. The number of ether oxygens (including phenoxy) is 1. The molecule has 1 aromatic carbocycles. The van der Waals surface area contributed by atoms with Gasteiger partial charge in [-0.2, -0.15) is 0 Å². The number of furan rings is 1. The van der Waals surface area contributed by atoms with Crippen molar-refractivity contribution in [1.82, 2.24) is 5.32 Å². The Morgan fingerprint density at radius 2 is 2.00 bits per heavy atom. The normalized spacial score (nSPS) is 11.8. The number of carbonyl (C=O) groups is 2. The fraction of sp³-hybridized carbons (Fsp3) is 0.294. The van der Waals surface area contributed by atoms with Gasteiger partial charge in [-0.1, -0.05) is 0 Å². The number of thioether (sulfide) groups is 1. The van der Waals surface area contributed by atoms with Crippen molar-refractivity contribution in [3.63, 3.8) is 0 Å². The molecule has 0 saturated carbocycles. The number of hydrogen-bond acceptors (Lipinski definition) is 5. The molecule has 0 fully saturated rings. The summed E-state index contributed by atoms with van der Waals surface area (Å²) in [5, 5.41) is 11.6. The number of benzene rings is 1. The standard InChI is InChI=1S/C17H19NO5S/c1-10-15(17(20)21)8-13(22-10)9-18-16(19)11(2)23-12-4-6-14(24-3)7-5-12/h4-8,11H,9H2,1-3H3,(H,18,19)(H,20,21). The van der Waals surface area contributed by atoms with E-state index in [1.165, 1.54) is 6.07 Å². The van der Waals surface area contributed by atoms with Crippen LogP contribution in [0.2, 0.25) is 0 Å². The molecule has 2 N–H and O–H groups in total. The molecule has 0 aliphatic heterocycles. The molecule has 1 amide bonds. The molecule has 2 rings (SSSR count). The van der Waals surface area contributed by atoms with Gasteiger partial charge in [-0.25, -0.2) is 4.79 Å². The molecule has 1 heterocycles. The zero-order valence-electron chi connectivity index (χ0n) is 13.7. The van der Waals surface area contributed by atoms with E-state index < -0.39 is 12.1 Å². The number of carboxylic acids is 1. The van der Waals surface area contributed by atoms with Crippen LogP contribution in [0.4, 0.5) is 0 Å². The average Bonchev–Trinajstić information content (AvgIpc) is 2.94. The van der Waals surface area contributed by atoms with E-state index in [0.29, 0.717) is 17.3 Å². The molecule has 0 saturated heterocycles. The average molecular weight is 349 g/mol. The summed E-state index contributed by atoms with van der Waals surface area (Å²) in [6.45, 7) is 3.32. The Bertz CT molecular complexity index is 723. The fourth-order valence-corrected chi connectivity index (χ4v) is 2.48. The minimum atomic E-state index is -1.06. The third-order valence-electron chi connectivity index (χ3n) is 3.38. The van der Waals surface area contributed by atoms with Gasteiger partial charge in [-0.05, 0) is 50.4 Å².